The Balaban J connectivity index is 1.46. The lowest BCUT2D eigenvalue weighted by molar-refractivity contribution is -0.124. The number of hydrogen-bond acceptors (Lipinski definition) is 6. The fraction of sp³-hybridized carbons (Fsp3) is 0.364. The molecule has 2 atom stereocenters. The molecule has 31 heavy (non-hydrogen) atoms. The first-order valence-corrected chi connectivity index (χ1v) is 10.0. The largest absolute Gasteiger partial charge is 0.487 e. The summed E-state index contributed by atoms with van der Waals surface area (Å²) in [5.74, 6) is 0.401. The molecule has 0 saturated heterocycles. The molecule has 4 rings (SSSR count). The van der Waals surface area contributed by atoms with E-state index < -0.39 is 6.04 Å². The van der Waals surface area contributed by atoms with E-state index in [4.69, 9.17) is 9.47 Å². The smallest absolute Gasteiger partial charge is 0.244 e. The van der Waals surface area contributed by atoms with E-state index in [-0.39, 0.29) is 17.8 Å². The van der Waals surface area contributed by atoms with Crippen molar-refractivity contribution in [3.05, 3.63) is 53.1 Å². The van der Waals surface area contributed by atoms with Crippen LogP contribution in [0.3, 0.4) is 0 Å². The van der Waals surface area contributed by atoms with Crippen molar-refractivity contribution >= 4 is 5.91 Å². The zero-order chi connectivity index (χ0) is 22.1. The van der Waals surface area contributed by atoms with Gasteiger partial charge in [-0.05, 0) is 45.0 Å². The van der Waals surface area contributed by atoms with Gasteiger partial charge in [-0.25, -0.2) is 4.39 Å². The average Bonchev–Trinajstić information content (AvgIpc) is 3.32. The number of rotatable bonds is 6. The number of carbonyl (C=O) groups is 1. The van der Waals surface area contributed by atoms with E-state index in [2.05, 4.69) is 20.6 Å². The number of fused-ring (bicyclic) bond motifs is 1. The quantitative estimate of drug-likeness (QED) is 0.653. The third kappa shape index (κ3) is 4.21. The third-order valence-corrected chi connectivity index (χ3v) is 5.28. The maximum Gasteiger partial charge on any atom is 0.244 e. The number of aromatic nitrogens is 4. The fourth-order valence-corrected chi connectivity index (χ4v) is 3.78. The van der Waals surface area contributed by atoms with Crippen LogP contribution in [-0.2, 0) is 11.2 Å². The van der Waals surface area contributed by atoms with Crippen molar-refractivity contribution in [1.82, 2.24) is 25.3 Å². The fourth-order valence-electron chi connectivity index (χ4n) is 3.78. The van der Waals surface area contributed by atoms with Gasteiger partial charge < -0.3 is 14.8 Å². The van der Waals surface area contributed by atoms with Crippen molar-refractivity contribution in [2.75, 3.05) is 13.7 Å². The summed E-state index contributed by atoms with van der Waals surface area (Å²) in [5, 5.41) is 15.3. The monoisotopic (exact) mass is 425 g/mol. The second-order valence-electron chi connectivity index (χ2n) is 7.64. The van der Waals surface area contributed by atoms with E-state index in [0.29, 0.717) is 35.9 Å². The highest BCUT2D eigenvalue weighted by Crippen LogP contribution is 2.39. The minimum absolute atomic E-state index is 0.154. The lowest BCUT2D eigenvalue weighted by Gasteiger charge is -2.17. The van der Waals surface area contributed by atoms with Crippen LogP contribution in [0.4, 0.5) is 4.39 Å². The van der Waals surface area contributed by atoms with Crippen LogP contribution in [0.15, 0.2) is 30.3 Å². The molecule has 0 spiro atoms. The van der Waals surface area contributed by atoms with Crippen molar-refractivity contribution in [2.45, 2.75) is 39.3 Å². The maximum absolute atomic E-state index is 14.2. The summed E-state index contributed by atoms with van der Waals surface area (Å²) in [6.45, 7) is 5.90. The number of aryl methyl sites for hydroxylation is 2. The molecule has 9 heteroatoms. The number of halogens is 1. The highest BCUT2D eigenvalue weighted by molar-refractivity contribution is 5.80. The molecule has 0 aliphatic carbocycles. The summed E-state index contributed by atoms with van der Waals surface area (Å²) in [7, 11) is 1.50. The lowest BCUT2D eigenvalue weighted by atomic mass is 10.0. The molecule has 2 aromatic heterocycles. The van der Waals surface area contributed by atoms with Gasteiger partial charge in [0.15, 0.2) is 0 Å². The molecule has 1 N–H and O–H groups in total. The zero-order valence-corrected chi connectivity index (χ0v) is 17.8. The zero-order valence-electron chi connectivity index (χ0n) is 17.8. The minimum Gasteiger partial charge on any atom is -0.487 e. The normalized spacial score (nSPS) is 15.8. The molecule has 3 aromatic rings. The number of nitrogens with zero attached hydrogens (tertiary/aromatic N) is 4. The van der Waals surface area contributed by atoms with E-state index in [1.807, 2.05) is 19.9 Å². The summed E-state index contributed by atoms with van der Waals surface area (Å²) >= 11 is 0. The number of hydrogen-bond donors (Lipinski definition) is 1. The number of methoxy groups -OCH3 is 1. The molecular formula is C22H24FN5O3. The summed E-state index contributed by atoms with van der Waals surface area (Å²) in [5.41, 5.74) is 3.53. The van der Waals surface area contributed by atoms with Gasteiger partial charge in [-0.1, -0.05) is 0 Å². The number of nitrogens with one attached hydrogen (secondary N) is 1. The van der Waals surface area contributed by atoms with Crippen molar-refractivity contribution in [1.29, 1.82) is 0 Å². The van der Waals surface area contributed by atoms with Crippen LogP contribution < -0.4 is 14.8 Å². The SMILES string of the molecule is COc1ccc(-c2cc(F)cc3c2O[C@H](CNC(=O)[C@H](C)n2nc(C)cc2C)C3)nn1. The van der Waals surface area contributed by atoms with Crippen LogP contribution in [0.1, 0.15) is 29.9 Å². The molecule has 0 unspecified atom stereocenters. The Bertz CT molecular complexity index is 1110. The van der Waals surface area contributed by atoms with Crippen LogP contribution in [0.25, 0.3) is 11.3 Å². The summed E-state index contributed by atoms with van der Waals surface area (Å²) < 4.78 is 27.0. The van der Waals surface area contributed by atoms with E-state index in [0.717, 1.165) is 17.0 Å². The molecule has 8 nitrogen and oxygen atoms in total. The van der Waals surface area contributed by atoms with E-state index in [1.54, 1.807) is 23.7 Å². The summed E-state index contributed by atoms with van der Waals surface area (Å²) in [6, 6.07) is 7.68. The van der Waals surface area contributed by atoms with Crippen molar-refractivity contribution < 1.29 is 18.7 Å². The molecule has 1 amide bonds. The van der Waals surface area contributed by atoms with Gasteiger partial charge in [-0.2, -0.15) is 5.10 Å². The molecule has 3 heterocycles. The average molecular weight is 425 g/mol. The molecule has 0 bridgehead atoms. The predicted molar refractivity (Wildman–Crippen MR) is 112 cm³/mol. The van der Waals surface area contributed by atoms with Gasteiger partial charge in [-0.15, -0.1) is 10.2 Å². The molecule has 1 aliphatic heterocycles. The van der Waals surface area contributed by atoms with E-state index in [1.165, 1.54) is 19.2 Å². The second kappa shape index (κ2) is 8.33. The van der Waals surface area contributed by atoms with Crippen LogP contribution in [0, 0.1) is 19.7 Å². The third-order valence-electron chi connectivity index (χ3n) is 5.28. The minimum atomic E-state index is -0.444. The summed E-state index contributed by atoms with van der Waals surface area (Å²) in [4.78, 5) is 12.6. The molecule has 1 aromatic carbocycles. The van der Waals surface area contributed by atoms with Gasteiger partial charge in [0.2, 0.25) is 11.8 Å². The molecular weight excluding hydrogens is 401 g/mol. The Morgan fingerprint density at radius 1 is 1.32 bits per heavy atom. The second-order valence-corrected chi connectivity index (χ2v) is 7.64. The van der Waals surface area contributed by atoms with Crippen molar-refractivity contribution in [3.63, 3.8) is 0 Å². The van der Waals surface area contributed by atoms with Crippen LogP contribution >= 0.6 is 0 Å². The Morgan fingerprint density at radius 2 is 2.13 bits per heavy atom. The number of ether oxygens (including phenoxy) is 2. The predicted octanol–water partition coefficient (Wildman–Crippen LogP) is 2.79. The molecule has 0 fully saturated rings. The van der Waals surface area contributed by atoms with Gasteiger partial charge in [-0.3, -0.25) is 9.48 Å². The Morgan fingerprint density at radius 3 is 2.77 bits per heavy atom. The van der Waals surface area contributed by atoms with Gasteiger partial charge >= 0.3 is 0 Å². The van der Waals surface area contributed by atoms with Crippen LogP contribution in [0.5, 0.6) is 11.6 Å². The van der Waals surface area contributed by atoms with Crippen molar-refractivity contribution in [2.24, 2.45) is 0 Å². The Hall–Kier alpha value is -3.49. The highest BCUT2D eigenvalue weighted by atomic mass is 19.1. The number of carbonyl (C=O) groups excluding carboxylic acids is 1. The maximum atomic E-state index is 14.2. The van der Waals surface area contributed by atoms with Gasteiger partial charge in [0, 0.05) is 29.3 Å². The Labute approximate surface area is 179 Å². The van der Waals surface area contributed by atoms with E-state index >= 15 is 0 Å². The number of amides is 1. The first-order valence-electron chi connectivity index (χ1n) is 10.0. The van der Waals surface area contributed by atoms with E-state index in [9.17, 15) is 9.18 Å². The van der Waals surface area contributed by atoms with Crippen LogP contribution in [-0.4, -0.2) is 45.6 Å². The Kier molecular flexibility index (Phi) is 5.58. The highest BCUT2D eigenvalue weighted by Gasteiger charge is 2.29. The first-order chi connectivity index (χ1) is 14.9. The van der Waals surface area contributed by atoms with Gasteiger partial charge in [0.25, 0.3) is 0 Å². The topological polar surface area (TPSA) is 91.2 Å². The molecule has 162 valence electrons. The first kappa shape index (κ1) is 20.8. The molecule has 1 aliphatic rings. The van der Waals surface area contributed by atoms with Gasteiger partial charge in [0.05, 0.1) is 25.0 Å². The van der Waals surface area contributed by atoms with Gasteiger partial charge in [0.1, 0.15) is 23.7 Å². The lowest BCUT2D eigenvalue weighted by Crippen LogP contribution is -2.38. The van der Waals surface area contributed by atoms with Crippen molar-refractivity contribution in [3.8, 4) is 22.9 Å². The molecule has 0 saturated carbocycles. The number of benzene rings is 1. The standard InChI is InChI=1S/C22H24FN5O3/c1-12-7-13(2)28(27-12)14(3)22(29)24-11-17-9-15-8-16(23)10-18(21(15)31-17)19-5-6-20(30-4)26-25-19/h5-8,10,14,17H,9,11H2,1-4H3,(H,24,29)/t14-,17-/m0/s1. The molecule has 0 radical (unpaired) electrons. The van der Waals surface area contributed by atoms with Crippen LogP contribution in [0.2, 0.25) is 0 Å². The summed E-state index contributed by atoms with van der Waals surface area (Å²) in [6.07, 6.45) is 0.177.